The Morgan fingerprint density at radius 1 is 1.28 bits per heavy atom. The normalized spacial score (nSPS) is 17.4. The summed E-state index contributed by atoms with van der Waals surface area (Å²) >= 11 is 6.01. The zero-order valence-electron chi connectivity index (χ0n) is 9.21. The van der Waals surface area contributed by atoms with Crippen LogP contribution in [0.2, 0.25) is 0 Å². The van der Waals surface area contributed by atoms with E-state index in [1.165, 1.54) is 0 Å². The van der Waals surface area contributed by atoms with Crippen LogP contribution in [0.15, 0.2) is 42.2 Å². The van der Waals surface area contributed by atoms with Crippen LogP contribution in [0.5, 0.6) is 0 Å². The molecule has 5 heteroatoms. The molecule has 3 rings (SSSR count). The Hall–Kier alpha value is -1.72. The van der Waals surface area contributed by atoms with Gasteiger partial charge in [-0.15, -0.1) is 0 Å². The molecule has 0 atom stereocenters. The molecule has 3 nitrogen and oxygen atoms in total. The highest BCUT2D eigenvalue weighted by atomic mass is 32.2. The lowest BCUT2D eigenvalue weighted by molar-refractivity contribution is -0.107. The minimum Gasteiger partial charge on any atom is -0.337 e. The number of carbonyl (C=O) groups excluding carboxylic acids is 1. The molecule has 2 heterocycles. The summed E-state index contributed by atoms with van der Waals surface area (Å²) in [4.78, 5) is 15.9. The number of thioether (sulfide) groups is 1. The van der Waals surface area contributed by atoms with Gasteiger partial charge in [-0.1, -0.05) is 30.4 Å². The Bertz CT molecular complexity index is 689. The van der Waals surface area contributed by atoms with Gasteiger partial charge in [0.15, 0.2) is 0 Å². The summed E-state index contributed by atoms with van der Waals surface area (Å²) in [6.45, 7) is 0. The molecule has 1 fully saturated rings. The van der Waals surface area contributed by atoms with Crippen LogP contribution in [0.4, 0.5) is 0 Å². The van der Waals surface area contributed by atoms with E-state index in [0.29, 0.717) is 10.0 Å². The minimum atomic E-state index is -0.0408. The summed E-state index contributed by atoms with van der Waals surface area (Å²) in [6, 6.07) is 9.71. The molecule has 1 saturated heterocycles. The topological polar surface area (TPSA) is 42.0 Å². The number of benzene rings is 1. The molecule has 1 N–H and O–H groups in total. The molecule has 0 spiro atoms. The highest BCUT2D eigenvalue weighted by Gasteiger charge is 2.22. The fraction of sp³-hybridized carbons (Fsp3) is 0. The molecule has 0 unspecified atom stereocenters. The van der Waals surface area contributed by atoms with Crippen LogP contribution in [-0.4, -0.2) is 14.4 Å². The van der Waals surface area contributed by atoms with Gasteiger partial charge in [0.05, 0.1) is 11.2 Å². The second-order valence-electron chi connectivity index (χ2n) is 3.78. The highest BCUT2D eigenvalue weighted by molar-refractivity contribution is 8.33. The Morgan fingerprint density at radius 3 is 2.89 bits per heavy atom. The van der Waals surface area contributed by atoms with E-state index in [1.54, 1.807) is 6.20 Å². The van der Waals surface area contributed by atoms with Crippen LogP contribution in [-0.2, 0) is 4.79 Å². The number of nitrogens with zero attached hydrogens (tertiary/aromatic N) is 1. The van der Waals surface area contributed by atoms with E-state index in [2.05, 4.69) is 10.3 Å². The molecule has 1 aromatic heterocycles. The van der Waals surface area contributed by atoms with Crippen molar-refractivity contribution in [3.8, 4) is 0 Å². The van der Waals surface area contributed by atoms with E-state index >= 15 is 0 Å². The van der Waals surface area contributed by atoms with E-state index in [9.17, 15) is 4.79 Å². The third-order valence-corrected chi connectivity index (χ3v) is 3.67. The lowest BCUT2D eigenvalue weighted by Crippen LogP contribution is -2.10. The summed E-state index contributed by atoms with van der Waals surface area (Å²) < 4.78 is 0.504. The molecule has 88 valence electrons. The number of para-hydroxylation sites is 1. The lowest BCUT2D eigenvalue weighted by atomic mass is 10.1. The molecular weight excluding hydrogens is 264 g/mol. The van der Waals surface area contributed by atoms with Crippen molar-refractivity contribution in [2.75, 3.05) is 0 Å². The first kappa shape index (κ1) is 11.4. The van der Waals surface area contributed by atoms with Gasteiger partial charge in [-0.2, -0.15) is 0 Å². The molecule has 0 bridgehead atoms. The van der Waals surface area contributed by atoms with Gasteiger partial charge in [0.1, 0.15) is 4.32 Å². The summed E-state index contributed by atoms with van der Waals surface area (Å²) in [5.74, 6) is 0. The zero-order valence-corrected chi connectivity index (χ0v) is 10.8. The smallest absolute Gasteiger partial charge is 0.242 e. The van der Waals surface area contributed by atoms with Crippen LogP contribution in [0, 0.1) is 0 Å². The van der Waals surface area contributed by atoms with Gasteiger partial charge in [0.25, 0.3) is 0 Å². The van der Waals surface area contributed by atoms with Crippen LogP contribution < -0.4 is 5.32 Å². The van der Waals surface area contributed by atoms with Crippen LogP contribution >= 0.6 is 24.0 Å². The first-order valence-electron chi connectivity index (χ1n) is 5.33. The number of carbonyl (C=O) groups is 1. The van der Waals surface area contributed by atoms with E-state index < -0.39 is 0 Å². The van der Waals surface area contributed by atoms with Gasteiger partial charge in [-0.3, -0.25) is 9.78 Å². The fourth-order valence-electron chi connectivity index (χ4n) is 1.82. The van der Waals surface area contributed by atoms with Crippen molar-refractivity contribution in [3.05, 3.63) is 47.8 Å². The zero-order chi connectivity index (χ0) is 12.5. The standard InChI is InChI=1S/C13H8N2OS2/c16-12-11(15-13(17)18-12)7-8-5-6-14-10-4-2-1-3-9(8)10/h1-7H,(H,15,17). The second kappa shape index (κ2) is 4.51. The number of rotatable bonds is 1. The molecule has 0 radical (unpaired) electrons. The first-order valence-corrected chi connectivity index (χ1v) is 6.55. The largest absolute Gasteiger partial charge is 0.337 e. The maximum Gasteiger partial charge on any atom is 0.242 e. The Morgan fingerprint density at radius 2 is 2.11 bits per heavy atom. The third kappa shape index (κ3) is 2.02. The summed E-state index contributed by atoms with van der Waals surface area (Å²) in [5.41, 5.74) is 2.40. The maximum absolute atomic E-state index is 11.7. The van der Waals surface area contributed by atoms with Crippen molar-refractivity contribution in [2.45, 2.75) is 0 Å². The maximum atomic E-state index is 11.7. The van der Waals surface area contributed by atoms with Crippen molar-refractivity contribution in [1.82, 2.24) is 10.3 Å². The van der Waals surface area contributed by atoms with Gasteiger partial charge in [0, 0.05) is 11.6 Å². The predicted octanol–water partition coefficient (Wildman–Crippen LogP) is 2.72. The molecule has 0 aliphatic carbocycles. The van der Waals surface area contributed by atoms with Crippen molar-refractivity contribution in [3.63, 3.8) is 0 Å². The molecule has 2 aromatic rings. The van der Waals surface area contributed by atoms with Gasteiger partial charge >= 0.3 is 0 Å². The summed E-state index contributed by atoms with van der Waals surface area (Å²) in [5, 5.41) is 3.88. The van der Waals surface area contributed by atoms with Crippen molar-refractivity contribution in [1.29, 1.82) is 0 Å². The third-order valence-electron chi connectivity index (χ3n) is 2.62. The molecule has 18 heavy (non-hydrogen) atoms. The van der Waals surface area contributed by atoms with Crippen LogP contribution in [0.3, 0.4) is 0 Å². The van der Waals surface area contributed by atoms with Crippen molar-refractivity contribution >= 4 is 50.4 Å². The van der Waals surface area contributed by atoms with Gasteiger partial charge < -0.3 is 5.32 Å². The van der Waals surface area contributed by atoms with Crippen LogP contribution in [0.25, 0.3) is 17.0 Å². The molecule has 1 aromatic carbocycles. The predicted molar refractivity (Wildman–Crippen MR) is 78.1 cm³/mol. The molecule has 1 aliphatic heterocycles. The summed E-state index contributed by atoms with van der Waals surface area (Å²) in [7, 11) is 0. The molecule has 0 amide bonds. The second-order valence-corrected chi connectivity index (χ2v) is 5.43. The van der Waals surface area contributed by atoms with Crippen molar-refractivity contribution in [2.24, 2.45) is 0 Å². The minimum absolute atomic E-state index is 0.0408. The molecular formula is C13H8N2OS2. The lowest BCUT2D eigenvalue weighted by Gasteiger charge is -2.02. The Labute approximate surface area is 113 Å². The summed E-state index contributed by atoms with van der Waals surface area (Å²) in [6.07, 6.45) is 3.55. The van der Waals surface area contributed by atoms with E-state index in [4.69, 9.17) is 12.2 Å². The average molecular weight is 272 g/mol. The number of pyridine rings is 1. The number of hydrogen-bond acceptors (Lipinski definition) is 4. The van der Waals surface area contributed by atoms with Gasteiger partial charge in [-0.25, -0.2) is 0 Å². The quantitative estimate of drug-likeness (QED) is 0.638. The monoisotopic (exact) mass is 272 g/mol. The van der Waals surface area contributed by atoms with E-state index in [-0.39, 0.29) is 5.12 Å². The number of hydrogen-bond donors (Lipinski definition) is 1. The van der Waals surface area contributed by atoms with Gasteiger partial charge in [-0.05, 0) is 35.5 Å². The van der Waals surface area contributed by atoms with Crippen molar-refractivity contribution < 1.29 is 4.79 Å². The SMILES string of the molecule is O=C1SC(=S)NC1=Cc1ccnc2ccccc12. The average Bonchev–Trinajstić information content (AvgIpc) is 2.68. The van der Waals surface area contributed by atoms with E-state index in [0.717, 1.165) is 28.2 Å². The first-order chi connectivity index (χ1) is 8.74. The Balaban J connectivity index is 2.13. The molecule has 1 aliphatic rings. The number of thiocarbonyl (C=S) groups is 1. The molecule has 0 saturated carbocycles. The van der Waals surface area contributed by atoms with Crippen LogP contribution in [0.1, 0.15) is 5.56 Å². The number of fused-ring (bicyclic) bond motifs is 1. The van der Waals surface area contributed by atoms with Gasteiger partial charge in [0.2, 0.25) is 5.12 Å². The van der Waals surface area contributed by atoms with E-state index in [1.807, 2.05) is 36.4 Å². The number of nitrogens with one attached hydrogen (secondary N) is 1. The Kier molecular flexibility index (Phi) is 2.85. The highest BCUT2D eigenvalue weighted by Crippen LogP contribution is 2.24. The fourth-order valence-corrected chi connectivity index (χ4v) is 2.71. The number of aromatic nitrogens is 1.